The average Bonchev–Trinajstić information content (AvgIpc) is 2.71. The van der Waals surface area contributed by atoms with Crippen LogP contribution in [0.3, 0.4) is 0 Å². The lowest BCUT2D eigenvalue weighted by atomic mass is 10.2. The van der Waals surface area contributed by atoms with Crippen LogP contribution in [0.5, 0.6) is 0 Å². The summed E-state index contributed by atoms with van der Waals surface area (Å²) in [5, 5.41) is 0. The number of hydrogen-bond acceptors (Lipinski definition) is 8. The monoisotopic (exact) mass is 436 g/mol. The molecule has 166 valence electrons. The third-order valence-electron chi connectivity index (χ3n) is 4.90. The van der Waals surface area contributed by atoms with Crippen LogP contribution in [0.15, 0.2) is 0 Å². The summed E-state index contributed by atoms with van der Waals surface area (Å²) in [4.78, 5) is 0. The van der Waals surface area contributed by atoms with Crippen LogP contribution < -0.4 is 11.5 Å². The SMILES string of the molecule is CC1CO[Si](CCCN)(OCC(C)CO[Si]2(CCCN)OCC(C)CO2)OC1. The lowest BCUT2D eigenvalue weighted by Crippen LogP contribution is -2.53. The van der Waals surface area contributed by atoms with Crippen LogP contribution in [0.2, 0.25) is 12.1 Å². The number of rotatable bonds is 12. The van der Waals surface area contributed by atoms with Gasteiger partial charge in [0.2, 0.25) is 0 Å². The first-order chi connectivity index (χ1) is 13.4. The van der Waals surface area contributed by atoms with Crippen LogP contribution in [0, 0.1) is 17.8 Å². The summed E-state index contributed by atoms with van der Waals surface area (Å²) in [5.41, 5.74) is 11.4. The van der Waals surface area contributed by atoms with Crippen LogP contribution in [-0.4, -0.2) is 70.3 Å². The Labute approximate surface area is 172 Å². The first kappa shape index (κ1) is 24.4. The van der Waals surface area contributed by atoms with Crippen molar-refractivity contribution in [1.82, 2.24) is 0 Å². The van der Waals surface area contributed by atoms with Gasteiger partial charge in [-0.1, -0.05) is 20.8 Å². The molecule has 10 heteroatoms. The molecule has 2 fully saturated rings. The molecule has 2 aliphatic rings. The quantitative estimate of drug-likeness (QED) is 0.444. The van der Waals surface area contributed by atoms with Crippen LogP contribution in [0.1, 0.15) is 33.6 Å². The van der Waals surface area contributed by atoms with Gasteiger partial charge < -0.3 is 38.0 Å². The van der Waals surface area contributed by atoms with Gasteiger partial charge >= 0.3 is 17.6 Å². The molecule has 0 atom stereocenters. The second kappa shape index (κ2) is 12.1. The van der Waals surface area contributed by atoms with E-state index in [1.165, 1.54) is 0 Å². The van der Waals surface area contributed by atoms with Crippen LogP contribution in [0.25, 0.3) is 0 Å². The number of nitrogens with two attached hydrogens (primary N) is 2. The van der Waals surface area contributed by atoms with Gasteiger partial charge in [-0.25, -0.2) is 0 Å². The van der Waals surface area contributed by atoms with Crippen molar-refractivity contribution in [1.29, 1.82) is 0 Å². The Hall–Kier alpha value is 0.114. The van der Waals surface area contributed by atoms with Crippen molar-refractivity contribution in [3.05, 3.63) is 0 Å². The summed E-state index contributed by atoms with van der Waals surface area (Å²) in [6.45, 7) is 11.4. The van der Waals surface area contributed by atoms with E-state index in [1.807, 2.05) is 0 Å². The Morgan fingerprint density at radius 3 is 1.46 bits per heavy atom. The lowest BCUT2D eigenvalue weighted by Gasteiger charge is -2.38. The van der Waals surface area contributed by atoms with Gasteiger partial charge in [0.25, 0.3) is 0 Å². The predicted octanol–water partition coefficient (Wildman–Crippen LogP) is 1.60. The fourth-order valence-corrected chi connectivity index (χ4v) is 8.95. The smallest absolute Gasteiger partial charge is 0.373 e. The van der Waals surface area contributed by atoms with E-state index in [2.05, 4.69) is 20.8 Å². The van der Waals surface area contributed by atoms with Crippen molar-refractivity contribution >= 4 is 17.6 Å². The van der Waals surface area contributed by atoms with Crippen molar-refractivity contribution in [2.45, 2.75) is 45.7 Å². The predicted molar refractivity (Wildman–Crippen MR) is 112 cm³/mol. The summed E-state index contributed by atoms with van der Waals surface area (Å²) >= 11 is 0. The molecule has 0 aromatic heterocycles. The third-order valence-corrected chi connectivity index (χ3v) is 10.5. The largest absolute Gasteiger partial charge is 0.501 e. The van der Waals surface area contributed by atoms with E-state index in [0.29, 0.717) is 64.6 Å². The molecule has 8 nitrogen and oxygen atoms in total. The van der Waals surface area contributed by atoms with E-state index in [1.54, 1.807) is 0 Å². The first-order valence-electron chi connectivity index (χ1n) is 10.7. The van der Waals surface area contributed by atoms with Crippen molar-refractivity contribution in [2.24, 2.45) is 29.2 Å². The van der Waals surface area contributed by atoms with Gasteiger partial charge in [0, 0.05) is 69.5 Å². The summed E-state index contributed by atoms with van der Waals surface area (Å²) < 4.78 is 36.7. The molecule has 4 N–H and O–H groups in total. The van der Waals surface area contributed by atoms with E-state index >= 15 is 0 Å². The van der Waals surface area contributed by atoms with Gasteiger partial charge in [-0.15, -0.1) is 0 Å². The van der Waals surface area contributed by atoms with Gasteiger partial charge in [-0.05, 0) is 25.9 Å². The van der Waals surface area contributed by atoms with Crippen molar-refractivity contribution < 1.29 is 26.6 Å². The Kier molecular flexibility index (Phi) is 10.5. The second-order valence-corrected chi connectivity index (χ2v) is 13.8. The maximum atomic E-state index is 6.23. The van der Waals surface area contributed by atoms with Crippen LogP contribution in [0.4, 0.5) is 0 Å². The zero-order valence-electron chi connectivity index (χ0n) is 17.8. The highest BCUT2D eigenvalue weighted by Gasteiger charge is 2.46. The molecule has 28 heavy (non-hydrogen) atoms. The van der Waals surface area contributed by atoms with Crippen LogP contribution >= 0.6 is 0 Å². The molecule has 2 aliphatic heterocycles. The molecule has 0 unspecified atom stereocenters. The maximum absolute atomic E-state index is 6.23. The zero-order chi connectivity index (χ0) is 20.5. The summed E-state index contributed by atoms with van der Waals surface area (Å²) in [6.07, 6.45) is 1.70. The number of hydrogen-bond donors (Lipinski definition) is 2. The summed E-state index contributed by atoms with van der Waals surface area (Å²) in [6, 6.07) is 1.53. The molecule has 0 saturated carbocycles. The second-order valence-electron chi connectivity index (χ2n) is 8.33. The van der Waals surface area contributed by atoms with Gasteiger partial charge in [0.1, 0.15) is 0 Å². The topological polar surface area (TPSA) is 107 Å². The van der Waals surface area contributed by atoms with E-state index in [0.717, 1.165) is 24.9 Å². The molecule has 2 rings (SSSR count). The molecule has 0 amide bonds. The average molecular weight is 437 g/mol. The molecule has 0 aromatic carbocycles. The fourth-order valence-electron chi connectivity index (χ4n) is 3.08. The minimum absolute atomic E-state index is 0.183. The Morgan fingerprint density at radius 2 is 1.14 bits per heavy atom. The molecular formula is C18H40N2O6Si2. The van der Waals surface area contributed by atoms with Crippen molar-refractivity contribution in [2.75, 3.05) is 52.7 Å². The molecule has 0 spiro atoms. The Bertz CT molecular complexity index is 383. The minimum atomic E-state index is -2.63. The normalized spacial score (nSPS) is 35.0. The third kappa shape index (κ3) is 7.75. The van der Waals surface area contributed by atoms with Gasteiger partial charge in [0.15, 0.2) is 0 Å². The van der Waals surface area contributed by atoms with Gasteiger partial charge in [0.05, 0.1) is 0 Å². The highest BCUT2D eigenvalue weighted by molar-refractivity contribution is 6.61. The summed E-state index contributed by atoms with van der Waals surface area (Å²) in [5.74, 6) is 0.987. The van der Waals surface area contributed by atoms with Crippen LogP contribution in [-0.2, 0) is 26.6 Å². The van der Waals surface area contributed by atoms with Crippen molar-refractivity contribution in [3.63, 3.8) is 0 Å². The van der Waals surface area contributed by atoms with Gasteiger partial charge in [-0.2, -0.15) is 0 Å². The lowest BCUT2D eigenvalue weighted by molar-refractivity contribution is -0.0267. The van der Waals surface area contributed by atoms with Gasteiger partial charge in [-0.3, -0.25) is 0 Å². The molecule has 2 heterocycles. The Morgan fingerprint density at radius 1 is 0.786 bits per heavy atom. The molecule has 2 saturated heterocycles. The zero-order valence-corrected chi connectivity index (χ0v) is 19.8. The van der Waals surface area contributed by atoms with E-state index < -0.39 is 17.6 Å². The first-order valence-corrected chi connectivity index (χ1v) is 14.5. The minimum Gasteiger partial charge on any atom is -0.373 e. The van der Waals surface area contributed by atoms with E-state index in [9.17, 15) is 0 Å². The molecule has 0 radical (unpaired) electrons. The highest BCUT2D eigenvalue weighted by atomic mass is 28.4. The Balaban J connectivity index is 1.82. The molecule has 0 bridgehead atoms. The van der Waals surface area contributed by atoms with Crippen molar-refractivity contribution in [3.8, 4) is 0 Å². The molecule has 0 aliphatic carbocycles. The molecular weight excluding hydrogens is 396 g/mol. The summed E-state index contributed by atoms with van der Waals surface area (Å²) in [7, 11) is -5.26. The maximum Gasteiger partial charge on any atom is 0.501 e. The fraction of sp³-hybridized carbons (Fsp3) is 1.00. The van der Waals surface area contributed by atoms with E-state index in [-0.39, 0.29) is 5.92 Å². The van der Waals surface area contributed by atoms with E-state index in [4.69, 9.17) is 38.0 Å². The standard InChI is InChI=1S/C18H40N2O6Si2/c1-16-10-21-27(22-11-16,8-4-6-19)25-14-18(3)15-26-28(9-5-7-20)23-12-17(2)13-24-28/h16-18H,4-15,19-20H2,1-3H3. The molecule has 0 aromatic rings. The highest BCUT2D eigenvalue weighted by Crippen LogP contribution is 2.27.